The molecule has 0 aliphatic carbocycles. The zero-order valence-electron chi connectivity index (χ0n) is 12.6. The van der Waals surface area contributed by atoms with Gasteiger partial charge in [-0.1, -0.05) is 0 Å². The molecule has 3 rings (SSSR count). The number of ether oxygens (including phenoxy) is 1. The maximum absolute atomic E-state index is 12.6. The van der Waals surface area contributed by atoms with Crippen LogP contribution in [0.5, 0.6) is 0 Å². The summed E-state index contributed by atoms with van der Waals surface area (Å²) in [6, 6.07) is 5.88. The molecule has 0 spiro atoms. The van der Waals surface area contributed by atoms with E-state index in [1.165, 1.54) is 0 Å². The number of nitrogens with zero attached hydrogens (tertiary/aromatic N) is 4. The van der Waals surface area contributed by atoms with E-state index in [0.717, 1.165) is 25.1 Å². The molecule has 2 fully saturated rings. The maximum atomic E-state index is 12.6. The van der Waals surface area contributed by atoms with Gasteiger partial charge < -0.3 is 14.5 Å². The molecule has 3 heterocycles. The van der Waals surface area contributed by atoms with Crippen molar-refractivity contribution >= 4 is 11.6 Å². The molecule has 1 atom stereocenters. The summed E-state index contributed by atoms with van der Waals surface area (Å²) in [6.07, 6.45) is 3.50. The summed E-state index contributed by atoms with van der Waals surface area (Å²) >= 11 is 0. The topological polar surface area (TPSA) is 69.5 Å². The van der Waals surface area contributed by atoms with E-state index in [1.54, 1.807) is 6.20 Å². The summed E-state index contributed by atoms with van der Waals surface area (Å²) < 4.78 is 5.31. The molecular weight excluding hydrogens is 280 g/mol. The molecule has 0 saturated carbocycles. The molecule has 2 aliphatic heterocycles. The molecule has 1 amide bonds. The Bertz CT molecular complexity index is 578. The third-order valence-corrected chi connectivity index (χ3v) is 4.33. The van der Waals surface area contributed by atoms with Crippen molar-refractivity contribution in [2.75, 3.05) is 44.3 Å². The van der Waals surface area contributed by atoms with Crippen molar-refractivity contribution < 1.29 is 9.53 Å². The maximum Gasteiger partial charge on any atom is 0.227 e. The highest BCUT2D eigenvalue weighted by Gasteiger charge is 2.30. The van der Waals surface area contributed by atoms with Crippen LogP contribution in [-0.2, 0) is 9.53 Å². The molecule has 0 bridgehead atoms. The number of aromatic nitrogens is 1. The molecule has 0 radical (unpaired) electrons. The van der Waals surface area contributed by atoms with Gasteiger partial charge in [0.05, 0.1) is 24.8 Å². The number of amides is 1. The van der Waals surface area contributed by atoms with Gasteiger partial charge in [-0.25, -0.2) is 4.98 Å². The van der Waals surface area contributed by atoms with E-state index in [-0.39, 0.29) is 11.8 Å². The fourth-order valence-electron chi connectivity index (χ4n) is 3.18. The van der Waals surface area contributed by atoms with Gasteiger partial charge in [-0.15, -0.1) is 0 Å². The standard InChI is InChI=1S/C16H20N4O2/c17-11-14-15(4-1-5-18-14)20-6-2-3-13(12-20)16(21)19-7-9-22-10-8-19/h1,4-5,13H,2-3,6-10,12H2. The molecule has 116 valence electrons. The van der Waals surface area contributed by atoms with Crippen molar-refractivity contribution in [2.45, 2.75) is 12.8 Å². The number of nitriles is 1. The Morgan fingerprint density at radius 1 is 1.36 bits per heavy atom. The van der Waals surface area contributed by atoms with Crippen LogP contribution < -0.4 is 4.90 Å². The van der Waals surface area contributed by atoms with Gasteiger partial charge in [0.15, 0.2) is 5.69 Å². The number of carbonyl (C=O) groups is 1. The average Bonchev–Trinajstić information content (AvgIpc) is 2.62. The lowest BCUT2D eigenvalue weighted by Gasteiger charge is -2.37. The monoisotopic (exact) mass is 300 g/mol. The Labute approximate surface area is 130 Å². The molecule has 2 aliphatic rings. The largest absolute Gasteiger partial charge is 0.378 e. The van der Waals surface area contributed by atoms with Crippen LogP contribution in [0.2, 0.25) is 0 Å². The first-order valence-corrected chi connectivity index (χ1v) is 7.76. The van der Waals surface area contributed by atoms with Gasteiger partial charge in [-0.2, -0.15) is 5.26 Å². The first-order valence-electron chi connectivity index (χ1n) is 7.76. The fraction of sp³-hybridized carbons (Fsp3) is 0.562. The zero-order chi connectivity index (χ0) is 15.4. The van der Waals surface area contributed by atoms with E-state index in [0.29, 0.717) is 38.5 Å². The smallest absolute Gasteiger partial charge is 0.227 e. The summed E-state index contributed by atoms with van der Waals surface area (Å²) in [4.78, 5) is 20.8. The van der Waals surface area contributed by atoms with Gasteiger partial charge in [-0.05, 0) is 25.0 Å². The predicted molar refractivity (Wildman–Crippen MR) is 81.3 cm³/mol. The molecule has 22 heavy (non-hydrogen) atoms. The normalized spacial score (nSPS) is 22.2. The van der Waals surface area contributed by atoms with Crippen LogP contribution in [0.25, 0.3) is 0 Å². The van der Waals surface area contributed by atoms with Crippen molar-refractivity contribution in [1.82, 2.24) is 9.88 Å². The lowest BCUT2D eigenvalue weighted by atomic mass is 9.95. The van der Waals surface area contributed by atoms with Gasteiger partial charge in [-0.3, -0.25) is 4.79 Å². The number of hydrogen-bond acceptors (Lipinski definition) is 5. The van der Waals surface area contributed by atoms with Crippen molar-refractivity contribution in [2.24, 2.45) is 5.92 Å². The summed E-state index contributed by atoms with van der Waals surface area (Å²) in [7, 11) is 0. The Hall–Kier alpha value is -2.13. The van der Waals surface area contributed by atoms with Crippen LogP contribution in [-0.4, -0.2) is 55.2 Å². The molecule has 6 heteroatoms. The molecule has 0 N–H and O–H groups in total. The minimum absolute atomic E-state index is 0.00130. The molecular formula is C16H20N4O2. The first kappa shape index (κ1) is 14.8. The van der Waals surface area contributed by atoms with Crippen molar-refractivity contribution in [3.05, 3.63) is 24.0 Å². The molecule has 0 aromatic carbocycles. The van der Waals surface area contributed by atoms with E-state index in [4.69, 9.17) is 4.74 Å². The molecule has 2 saturated heterocycles. The van der Waals surface area contributed by atoms with Gasteiger partial charge in [0, 0.05) is 32.4 Å². The van der Waals surface area contributed by atoms with Crippen molar-refractivity contribution in [3.63, 3.8) is 0 Å². The lowest BCUT2D eigenvalue weighted by Crippen LogP contribution is -2.48. The van der Waals surface area contributed by atoms with E-state index in [2.05, 4.69) is 16.0 Å². The Kier molecular flexibility index (Phi) is 4.54. The quantitative estimate of drug-likeness (QED) is 0.816. The number of morpholine rings is 1. The molecule has 1 aromatic heterocycles. The number of anilines is 1. The second-order valence-corrected chi connectivity index (χ2v) is 5.71. The van der Waals surface area contributed by atoms with Crippen LogP contribution in [0, 0.1) is 17.2 Å². The van der Waals surface area contributed by atoms with Gasteiger partial charge in [0.1, 0.15) is 6.07 Å². The first-order chi connectivity index (χ1) is 10.8. The number of piperidine rings is 1. The molecule has 1 unspecified atom stereocenters. The number of pyridine rings is 1. The van der Waals surface area contributed by atoms with Crippen LogP contribution >= 0.6 is 0 Å². The van der Waals surface area contributed by atoms with E-state index < -0.39 is 0 Å². The molecule has 1 aromatic rings. The second-order valence-electron chi connectivity index (χ2n) is 5.71. The summed E-state index contributed by atoms with van der Waals surface area (Å²) in [5.41, 5.74) is 1.27. The highest BCUT2D eigenvalue weighted by molar-refractivity contribution is 5.80. The Balaban J connectivity index is 1.71. The van der Waals surface area contributed by atoms with E-state index in [9.17, 15) is 10.1 Å². The Morgan fingerprint density at radius 3 is 2.95 bits per heavy atom. The predicted octanol–water partition coefficient (Wildman–Crippen LogP) is 1.03. The minimum Gasteiger partial charge on any atom is -0.378 e. The van der Waals surface area contributed by atoms with Crippen LogP contribution in [0.3, 0.4) is 0 Å². The summed E-state index contributed by atoms with van der Waals surface area (Å²) in [6.45, 7) is 4.16. The van der Waals surface area contributed by atoms with Crippen molar-refractivity contribution in [1.29, 1.82) is 5.26 Å². The third-order valence-electron chi connectivity index (χ3n) is 4.33. The Morgan fingerprint density at radius 2 is 2.18 bits per heavy atom. The highest BCUT2D eigenvalue weighted by atomic mass is 16.5. The highest BCUT2D eigenvalue weighted by Crippen LogP contribution is 2.26. The SMILES string of the molecule is N#Cc1ncccc1N1CCCC(C(=O)N2CCOCC2)C1. The van der Waals surface area contributed by atoms with Crippen LogP contribution in [0.15, 0.2) is 18.3 Å². The van der Waals surface area contributed by atoms with Gasteiger partial charge >= 0.3 is 0 Å². The summed E-state index contributed by atoms with van der Waals surface area (Å²) in [5, 5.41) is 9.20. The van der Waals surface area contributed by atoms with E-state index >= 15 is 0 Å². The fourth-order valence-corrected chi connectivity index (χ4v) is 3.18. The lowest BCUT2D eigenvalue weighted by molar-refractivity contribution is -0.139. The zero-order valence-corrected chi connectivity index (χ0v) is 12.6. The number of hydrogen-bond donors (Lipinski definition) is 0. The average molecular weight is 300 g/mol. The third kappa shape index (κ3) is 3.04. The van der Waals surface area contributed by atoms with Gasteiger partial charge in [0.25, 0.3) is 0 Å². The number of rotatable bonds is 2. The summed E-state index contributed by atoms with van der Waals surface area (Å²) in [5.74, 6) is 0.217. The molecule has 6 nitrogen and oxygen atoms in total. The minimum atomic E-state index is -0.00130. The number of carbonyl (C=O) groups excluding carboxylic acids is 1. The second kappa shape index (κ2) is 6.75. The van der Waals surface area contributed by atoms with Gasteiger partial charge in [0.2, 0.25) is 5.91 Å². The van der Waals surface area contributed by atoms with E-state index in [1.807, 2.05) is 17.0 Å². The van der Waals surface area contributed by atoms with Crippen molar-refractivity contribution in [3.8, 4) is 6.07 Å². The van der Waals surface area contributed by atoms with Crippen LogP contribution in [0.1, 0.15) is 18.5 Å². The van der Waals surface area contributed by atoms with Crippen LogP contribution in [0.4, 0.5) is 5.69 Å².